The maximum atomic E-state index is 11.0. The van der Waals surface area contributed by atoms with Crippen LogP contribution in [-0.2, 0) is 6.54 Å². The van der Waals surface area contributed by atoms with Crippen molar-refractivity contribution in [1.29, 1.82) is 0 Å². The SMILES string of the molecule is CCC1CCN(Cc2ccc(Br)c([N+](=O)[O-])c2)C(CN)C1. The van der Waals surface area contributed by atoms with E-state index < -0.39 is 0 Å². The van der Waals surface area contributed by atoms with Crippen molar-refractivity contribution in [1.82, 2.24) is 4.90 Å². The van der Waals surface area contributed by atoms with Crippen LogP contribution in [0.15, 0.2) is 22.7 Å². The third-order valence-electron chi connectivity index (χ3n) is 4.39. The number of nitro groups is 1. The molecule has 1 aromatic carbocycles. The summed E-state index contributed by atoms with van der Waals surface area (Å²) in [5, 5.41) is 11.0. The summed E-state index contributed by atoms with van der Waals surface area (Å²) in [6.07, 6.45) is 3.52. The number of rotatable bonds is 5. The molecular formula is C15H22BrN3O2. The van der Waals surface area contributed by atoms with E-state index in [0.29, 0.717) is 17.1 Å². The van der Waals surface area contributed by atoms with Crippen LogP contribution in [-0.4, -0.2) is 29.0 Å². The van der Waals surface area contributed by atoms with E-state index in [9.17, 15) is 10.1 Å². The molecule has 0 aliphatic carbocycles. The number of hydrogen-bond acceptors (Lipinski definition) is 4. The van der Waals surface area contributed by atoms with Crippen molar-refractivity contribution >= 4 is 21.6 Å². The molecule has 2 atom stereocenters. The van der Waals surface area contributed by atoms with Crippen LogP contribution in [0.1, 0.15) is 31.7 Å². The average Bonchev–Trinajstić information content (AvgIpc) is 2.49. The van der Waals surface area contributed by atoms with Gasteiger partial charge in [-0.15, -0.1) is 0 Å². The first kappa shape index (κ1) is 16.4. The lowest BCUT2D eigenvalue weighted by molar-refractivity contribution is -0.385. The van der Waals surface area contributed by atoms with Gasteiger partial charge in [-0.1, -0.05) is 19.4 Å². The Morgan fingerprint density at radius 1 is 1.52 bits per heavy atom. The topological polar surface area (TPSA) is 72.4 Å². The van der Waals surface area contributed by atoms with Gasteiger partial charge in [0.05, 0.1) is 9.40 Å². The first-order chi connectivity index (χ1) is 10.0. The highest BCUT2D eigenvalue weighted by Crippen LogP contribution is 2.29. The van der Waals surface area contributed by atoms with Gasteiger partial charge in [-0.05, 0) is 52.9 Å². The second-order valence-corrected chi connectivity index (χ2v) is 6.56. The fraction of sp³-hybridized carbons (Fsp3) is 0.600. The number of nitro benzene ring substituents is 1. The normalized spacial score (nSPS) is 23.2. The molecule has 0 saturated carbocycles. The molecule has 1 heterocycles. The zero-order chi connectivity index (χ0) is 15.4. The zero-order valence-electron chi connectivity index (χ0n) is 12.3. The van der Waals surface area contributed by atoms with E-state index in [0.717, 1.165) is 31.0 Å². The molecule has 0 spiro atoms. The van der Waals surface area contributed by atoms with E-state index in [2.05, 4.69) is 27.8 Å². The highest BCUT2D eigenvalue weighted by atomic mass is 79.9. The summed E-state index contributed by atoms with van der Waals surface area (Å²) < 4.78 is 0.524. The summed E-state index contributed by atoms with van der Waals surface area (Å²) in [6, 6.07) is 5.73. The van der Waals surface area contributed by atoms with E-state index in [4.69, 9.17) is 5.73 Å². The van der Waals surface area contributed by atoms with Gasteiger partial charge in [0, 0.05) is 25.2 Å². The fourth-order valence-corrected chi connectivity index (χ4v) is 3.43. The molecule has 2 unspecified atom stereocenters. The predicted molar refractivity (Wildman–Crippen MR) is 87.1 cm³/mol. The van der Waals surface area contributed by atoms with Gasteiger partial charge < -0.3 is 5.73 Å². The Kier molecular flexibility index (Phi) is 5.72. The molecule has 2 rings (SSSR count). The maximum absolute atomic E-state index is 11.0. The lowest BCUT2D eigenvalue weighted by Crippen LogP contribution is -2.46. The standard InChI is InChI=1S/C15H22BrN3O2/c1-2-11-5-6-18(13(7-11)9-17)10-12-3-4-14(16)15(8-12)19(20)21/h3-4,8,11,13H,2,5-7,9-10,17H2,1H3. The minimum atomic E-state index is -0.350. The van der Waals surface area contributed by atoms with Gasteiger partial charge in [0.15, 0.2) is 0 Å². The van der Waals surface area contributed by atoms with Crippen LogP contribution in [0.3, 0.4) is 0 Å². The van der Waals surface area contributed by atoms with Gasteiger partial charge in [-0.3, -0.25) is 15.0 Å². The lowest BCUT2D eigenvalue weighted by atomic mass is 9.88. The van der Waals surface area contributed by atoms with Gasteiger partial charge in [0.25, 0.3) is 5.69 Å². The summed E-state index contributed by atoms with van der Waals surface area (Å²) in [4.78, 5) is 13.0. The Bertz CT molecular complexity index is 510. The van der Waals surface area contributed by atoms with E-state index in [1.165, 1.54) is 12.8 Å². The minimum absolute atomic E-state index is 0.125. The smallest absolute Gasteiger partial charge is 0.283 e. The number of likely N-dealkylation sites (tertiary alicyclic amines) is 1. The van der Waals surface area contributed by atoms with Crippen molar-refractivity contribution < 1.29 is 4.92 Å². The quantitative estimate of drug-likeness (QED) is 0.649. The number of piperidine rings is 1. The summed E-state index contributed by atoms with van der Waals surface area (Å²) in [6.45, 7) is 4.62. The Balaban J connectivity index is 2.10. The largest absolute Gasteiger partial charge is 0.329 e. The van der Waals surface area contributed by atoms with Crippen molar-refractivity contribution in [2.45, 2.75) is 38.8 Å². The molecular weight excluding hydrogens is 334 g/mol. The summed E-state index contributed by atoms with van der Waals surface area (Å²) in [5.41, 5.74) is 7.00. The molecule has 1 aromatic rings. The van der Waals surface area contributed by atoms with E-state index in [-0.39, 0.29) is 10.6 Å². The van der Waals surface area contributed by atoms with E-state index in [1.54, 1.807) is 12.1 Å². The third-order valence-corrected chi connectivity index (χ3v) is 5.06. The lowest BCUT2D eigenvalue weighted by Gasteiger charge is -2.38. The van der Waals surface area contributed by atoms with Gasteiger partial charge in [-0.25, -0.2) is 0 Å². The number of halogens is 1. The molecule has 0 bridgehead atoms. The van der Waals surface area contributed by atoms with Crippen LogP contribution < -0.4 is 5.73 Å². The van der Waals surface area contributed by atoms with Crippen molar-refractivity contribution in [3.63, 3.8) is 0 Å². The van der Waals surface area contributed by atoms with Crippen LogP contribution >= 0.6 is 15.9 Å². The molecule has 1 aliphatic heterocycles. The Morgan fingerprint density at radius 2 is 2.29 bits per heavy atom. The van der Waals surface area contributed by atoms with Gasteiger partial charge in [0.2, 0.25) is 0 Å². The summed E-state index contributed by atoms with van der Waals surface area (Å²) >= 11 is 3.22. The van der Waals surface area contributed by atoms with Gasteiger partial charge in [0.1, 0.15) is 0 Å². The Morgan fingerprint density at radius 3 is 2.90 bits per heavy atom. The molecule has 2 N–H and O–H groups in total. The fourth-order valence-electron chi connectivity index (χ4n) is 3.04. The van der Waals surface area contributed by atoms with Gasteiger partial charge in [-0.2, -0.15) is 0 Å². The number of benzene rings is 1. The Hall–Kier alpha value is -0.980. The van der Waals surface area contributed by atoms with Crippen LogP contribution in [0.25, 0.3) is 0 Å². The molecule has 1 aliphatic rings. The second-order valence-electron chi connectivity index (χ2n) is 5.70. The monoisotopic (exact) mass is 355 g/mol. The average molecular weight is 356 g/mol. The van der Waals surface area contributed by atoms with E-state index in [1.807, 2.05) is 6.07 Å². The van der Waals surface area contributed by atoms with Crippen molar-refractivity contribution in [3.05, 3.63) is 38.3 Å². The molecule has 0 amide bonds. The molecule has 1 fully saturated rings. The van der Waals surface area contributed by atoms with Crippen molar-refractivity contribution in [2.75, 3.05) is 13.1 Å². The first-order valence-electron chi connectivity index (χ1n) is 7.42. The molecule has 0 radical (unpaired) electrons. The number of nitrogens with two attached hydrogens (primary N) is 1. The number of hydrogen-bond donors (Lipinski definition) is 1. The summed E-state index contributed by atoms with van der Waals surface area (Å²) in [5.74, 6) is 0.758. The molecule has 116 valence electrons. The van der Waals surface area contributed by atoms with Gasteiger partial charge >= 0.3 is 0 Å². The molecule has 5 nitrogen and oxygen atoms in total. The third kappa shape index (κ3) is 4.02. The van der Waals surface area contributed by atoms with Crippen LogP contribution in [0.4, 0.5) is 5.69 Å². The molecule has 6 heteroatoms. The van der Waals surface area contributed by atoms with Crippen molar-refractivity contribution in [3.8, 4) is 0 Å². The summed E-state index contributed by atoms with van der Waals surface area (Å²) in [7, 11) is 0. The van der Waals surface area contributed by atoms with Crippen molar-refractivity contribution in [2.24, 2.45) is 11.7 Å². The Labute approximate surface area is 133 Å². The zero-order valence-corrected chi connectivity index (χ0v) is 13.9. The maximum Gasteiger partial charge on any atom is 0.283 e. The van der Waals surface area contributed by atoms with Crippen LogP contribution in [0.2, 0.25) is 0 Å². The van der Waals surface area contributed by atoms with Crippen LogP contribution in [0.5, 0.6) is 0 Å². The predicted octanol–water partition coefficient (Wildman–Crippen LogP) is 3.31. The minimum Gasteiger partial charge on any atom is -0.329 e. The van der Waals surface area contributed by atoms with E-state index >= 15 is 0 Å². The second kappa shape index (κ2) is 7.33. The number of nitrogens with zero attached hydrogens (tertiary/aromatic N) is 2. The highest BCUT2D eigenvalue weighted by Gasteiger charge is 2.27. The molecule has 21 heavy (non-hydrogen) atoms. The van der Waals surface area contributed by atoms with Crippen LogP contribution in [0, 0.1) is 16.0 Å². The first-order valence-corrected chi connectivity index (χ1v) is 8.21. The molecule has 0 aromatic heterocycles. The highest BCUT2D eigenvalue weighted by molar-refractivity contribution is 9.10. The molecule has 1 saturated heterocycles.